The lowest BCUT2D eigenvalue weighted by Gasteiger charge is -2.24. The third-order valence-corrected chi connectivity index (χ3v) is 4.87. The van der Waals surface area contributed by atoms with Gasteiger partial charge in [-0.15, -0.1) is 0 Å². The molecule has 0 radical (unpaired) electrons. The van der Waals surface area contributed by atoms with Crippen molar-refractivity contribution in [3.05, 3.63) is 59.8 Å². The average Bonchev–Trinajstić information content (AvgIpc) is 3.17. The Labute approximate surface area is 155 Å². The largest absolute Gasteiger partial charge is 0.445 e. The van der Waals surface area contributed by atoms with Crippen molar-refractivity contribution >= 4 is 11.9 Å². The number of hydrogen-bond acceptors (Lipinski definition) is 4. The van der Waals surface area contributed by atoms with Crippen molar-refractivity contribution in [1.82, 2.24) is 9.88 Å². The van der Waals surface area contributed by atoms with Crippen LogP contribution in [0.1, 0.15) is 50.3 Å². The minimum Gasteiger partial charge on any atom is -0.445 e. The molecule has 2 aromatic rings. The van der Waals surface area contributed by atoms with Gasteiger partial charge in [-0.25, -0.2) is 9.78 Å². The number of hydrogen-bond donors (Lipinski definition) is 1. The SMILES string of the molecule is CC[C@H](C)Nc1ccc([C@@H]2CCCN2C(=O)OCc2ccccc2)cn1. The first-order valence-electron chi connectivity index (χ1n) is 9.37. The number of ether oxygens (including phenoxy) is 1. The van der Waals surface area contributed by atoms with Crippen molar-refractivity contribution in [2.75, 3.05) is 11.9 Å². The number of carbonyl (C=O) groups excluding carboxylic acids is 1. The van der Waals surface area contributed by atoms with Crippen molar-refractivity contribution in [3.63, 3.8) is 0 Å². The van der Waals surface area contributed by atoms with E-state index >= 15 is 0 Å². The van der Waals surface area contributed by atoms with Gasteiger partial charge in [-0.3, -0.25) is 0 Å². The summed E-state index contributed by atoms with van der Waals surface area (Å²) in [6.45, 7) is 5.31. The highest BCUT2D eigenvalue weighted by molar-refractivity contribution is 5.68. The van der Waals surface area contributed by atoms with E-state index < -0.39 is 0 Å². The van der Waals surface area contributed by atoms with Gasteiger partial charge in [0.25, 0.3) is 0 Å². The van der Waals surface area contributed by atoms with Gasteiger partial charge in [-0.1, -0.05) is 43.3 Å². The Morgan fingerprint density at radius 3 is 2.81 bits per heavy atom. The average molecular weight is 353 g/mol. The van der Waals surface area contributed by atoms with E-state index in [1.54, 1.807) is 0 Å². The molecule has 2 atom stereocenters. The number of carbonyl (C=O) groups is 1. The fourth-order valence-corrected chi connectivity index (χ4v) is 3.18. The first-order valence-corrected chi connectivity index (χ1v) is 9.37. The third kappa shape index (κ3) is 4.54. The predicted molar refractivity (Wildman–Crippen MR) is 103 cm³/mol. The first kappa shape index (κ1) is 18.2. The molecule has 138 valence electrons. The topological polar surface area (TPSA) is 54.5 Å². The fourth-order valence-electron chi connectivity index (χ4n) is 3.18. The summed E-state index contributed by atoms with van der Waals surface area (Å²) < 4.78 is 5.51. The summed E-state index contributed by atoms with van der Waals surface area (Å²) in [4.78, 5) is 18.9. The van der Waals surface area contributed by atoms with Crippen LogP contribution in [0.15, 0.2) is 48.7 Å². The standard InChI is InChI=1S/C21H27N3O2/c1-3-16(2)23-20-12-11-18(14-22-20)19-10-7-13-24(19)21(25)26-15-17-8-5-4-6-9-17/h4-6,8-9,11-12,14,16,19H,3,7,10,13,15H2,1-2H3,(H,22,23)/t16-,19-/m0/s1. The second-order valence-corrected chi connectivity index (χ2v) is 6.82. The summed E-state index contributed by atoms with van der Waals surface area (Å²) in [5.41, 5.74) is 2.06. The molecule has 0 aliphatic carbocycles. The zero-order valence-electron chi connectivity index (χ0n) is 15.5. The smallest absolute Gasteiger partial charge is 0.410 e. The van der Waals surface area contributed by atoms with E-state index in [-0.39, 0.29) is 12.1 Å². The first-order chi connectivity index (χ1) is 12.7. The Morgan fingerprint density at radius 1 is 1.31 bits per heavy atom. The summed E-state index contributed by atoms with van der Waals surface area (Å²) in [7, 11) is 0. The molecule has 1 aliphatic rings. The zero-order chi connectivity index (χ0) is 18.4. The van der Waals surface area contributed by atoms with Crippen LogP contribution in [0.3, 0.4) is 0 Å². The molecule has 1 saturated heterocycles. The van der Waals surface area contributed by atoms with Gasteiger partial charge < -0.3 is 15.0 Å². The van der Waals surface area contributed by atoms with Gasteiger partial charge in [0.05, 0.1) is 6.04 Å². The minimum atomic E-state index is -0.252. The predicted octanol–water partition coefficient (Wildman–Crippen LogP) is 4.77. The second kappa shape index (κ2) is 8.70. The van der Waals surface area contributed by atoms with Crippen molar-refractivity contribution in [2.45, 2.75) is 51.8 Å². The summed E-state index contributed by atoms with van der Waals surface area (Å²) in [6, 6.07) is 14.3. The maximum atomic E-state index is 12.5. The Hall–Kier alpha value is -2.56. The van der Waals surface area contributed by atoms with Gasteiger partial charge in [-0.2, -0.15) is 0 Å². The van der Waals surface area contributed by atoms with Crippen LogP contribution in [-0.4, -0.2) is 28.6 Å². The quantitative estimate of drug-likeness (QED) is 0.813. The van der Waals surface area contributed by atoms with Crippen LogP contribution in [0.25, 0.3) is 0 Å². The van der Waals surface area contributed by atoms with E-state index in [4.69, 9.17) is 4.74 Å². The molecular formula is C21H27N3O2. The number of likely N-dealkylation sites (tertiary alicyclic amines) is 1. The molecule has 1 aromatic heterocycles. The summed E-state index contributed by atoms with van der Waals surface area (Å²) in [5.74, 6) is 0.874. The molecule has 0 spiro atoms. The summed E-state index contributed by atoms with van der Waals surface area (Å²) in [5, 5.41) is 3.37. The molecule has 1 aliphatic heterocycles. The van der Waals surface area contributed by atoms with E-state index in [1.165, 1.54) is 0 Å². The van der Waals surface area contributed by atoms with E-state index in [9.17, 15) is 4.79 Å². The Bertz CT molecular complexity index is 703. The minimum absolute atomic E-state index is 0.0448. The van der Waals surface area contributed by atoms with Gasteiger partial charge in [0, 0.05) is 18.8 Å². The van der Waals surface area contributed by atoms with Crippen molar-refractivity contribution < 1.29 is 9.53 Å². The molecule has 0 unspecified atom stereocenters. The molecule has 0 bridgehead atoms. The summed E-state index contributed by atoms with van der Waals surface area (Å²) >= 11 is 0. The van der Waals surface area contributed by atoms with Crippen molar-refractivity contribution in [1.29, 1.82) is 0 Å². The third-order valence-electron chi connectivity index (χ3n) is 4.87. The summed E-state index contributed by atoms with van der Waals surface area (Å²) in [6.07, 6.45) is 4.60. The van der Waals surface area contributed by atoms with Crippen LogP contribution in [0.5, 0.6) is 0 Å². The normalized spacial score (nSPS) is 17.8. The van der Waals surface area contributed by atoms with E-state index in [0.717, 1.165) is 42.8 Å². The molecule has 2 heterocycles. The van der Waals surface area contributed by atoms with Crippen molar-refractivity contribution in [3.8, 4) is 0 Å². The molecule has 3 rings (SSSR count). The number of aromatic nitrogens is 1. The van der Waals surface area contributed by atoms with Crippen LogP contribution >= 0.6 is 0 Å². The number of nitrogens with zero attached hydrogens (tertiary/aromatic N) is 2. The molecule has 5 nitrogen and oxygen atoms in total. The molecule has 26 heavy (non-hydrogen) atoms. The lowest BCUT2D eigenvalue weighted by atomic mass is 10.1. The molecule has 1 aromatic carbocycles. The van der Waals surface area contributed by atoms with E-state index in [2.05, 4.69) is 30.2 Å². The van der Waals surface area contributed by atoms with Crippen LogP contribution in [0.2, 0.25) is 0 Å². The maximum absolute atomic E-state index is 12.5. The van der Waals surface area contributed by atoms with E-state index in [1.807, 2.05) is 47.5 Å². The number of benzene rings is 1. The number of anilines is 1. The van der Waals surface area contributed by atoms with Gasteiger partial charge in [0.2, 0.25) is 0 Å². The highest BCUT2D eigenvalue weighted by Gasteiger charge is 2.31. The number of amides is 1. The second-order valence-electron chi connectivity index (χ2n) is 6.82. The van der Waals surface area contributed by atoms with E-state index in [0.29, 0.717) is 12.6 Å². The zero-order valence-corrected chi connectivity index (χ0v) is 15.5. The van der Waals surface area contributed by atoms with Crippen LogP contribution in [0.4, 0.5) is 10.6 Å². The van der Waals surface area contributed by atoms with Crippen LogP contribution in [0, 0.1) is 0 Å². The number of rotatable bonds is 6. The monoisotopic (exact) mass is 353 g/mol. The van der Waals surface area contributed by atoms with Gasteiger partial charge in [0.1, 0.15) is 12.4 Å². The fraction of sp³-hybridized carbons (Fsp3) is 0.429. The van der Waals surface area contributed by atoms with Crippen LogP contribution in [-0.2, 0) is 11.3 Å². The lowest BCUT2D eigenvalue weighted by molar-refractivity contribution is 0.0920. The maximum Gasteiger partial charge on any atom is 0.410 e. The number of nitrogens with one attached hydrogen (secondary N) is 1. The molecule has 1 amide bonds. The molecule has 1 fully saturated rings. The molecular weight excluding hydrogens is 326 g/mol. The molecule has 0 saturated carbocycles. The Morgan fingerprint density at radius 2 is 2.12 bits per heavy atom. The van der Waals surface area contributed by atoms with Crippen molar-refractivity contribution in [2.24, 2.45) is 0 Å². The van der Waals surface area contributed by atoms with Gasteiger partial charge >= 0.3 is 6.09 Å². The highest BCUT2D eigenvalue weighted by atomic mass is 16.6. The molecule has 1 N–H and O–H groups in total. The van der Waals surface area contributed by atoms with Gasteiger partial charge in [-0.05, 0) is 43.4 Å². The highest BCUT2D eigenvalue weighted by Crippen LogP contribution is 2.32. The molecule has 5 heteroatoms. The number of pyridine rings is 1. The van der Waals surface area contributed by atoms with Crippen LogP contribution < -0.4 is 5.32 Å². The Kier molecular flexibility index (Phi) is 6.10. The lowest BCUT2D eigenvalue weighted by Crippen LogP contribution is -2.31. The van der Waals surface area contributed by atoms with Gasteiger partial charge in [0.15, 0.2) is 0 Å². The Balaban J connectivity index is 1.61.